The highest BCUT2D eigenvalue weighted by molar-refractivity contribution is 5.79. The highest BCUT2D eigenvalue weighted by Gasteiger charge is 2.34. The van der Waals surface area contributed by atoms with E-state index in [0.29, 0.717) is 25.7 Å². The minimum absolute atomic E-state index is 0.198. The average Bonchev–Trinajstić information content (AvgIpc) is 2.71. The Labute approximate surface area is 168 Å². The van der Waals surface area contributed by atoms with Crippen molar-refractivity contribution in [3.05, 3.63) is 35.6 Å². The van der Waals surface area contributed by atoms with Crippen molar-refractivity contribution in [3.63, 3.8) is 0 Å². The van der Waals surface area contributed by atoms with E-state index in [9.17, 15) is 9.50 Å². The van der Waals surface area contributed by atoms with Gasteiger partial charge in [0.15, 0.2) is 5.96 Å². The van der Waals surface area contributed by atoms with E-state index in [1.807, 2.05) is 13.0 Å². The zero-order valence-corrected chi connectivity index (χ0v) is 17.3. The van der Waals surface area contributed by atoms with Crippen LogP contribution in [0.3, 0.4) is 0 Å². The molecule has 28 heavy (non-hydrogen) atoms. The van der Waals surface area contributed by atoms with Gasteiger partial charge in [-0.05, 0) is 56.2 Å². The molecule has 1 saturated heterocycles. The molecule has 1 aromatic rings. The average molecular weight is 394 g/mol. The van der Waals surface area contributed by atoms with E-state index in [2.05, 4.69) is 17.6 Å². The van der Waals surface area contributed by atoms with Gasteiger partial charge in [0.25, 0.3) is 0 Å². The Bertz CT molecular complexity index is 597. The Morgan fingerprint density at radius 2 is 2.04 bits per heavy atom. The highest BCUT2D eigenvalue weighted by Crippen LogP contribution is 2.35. The van der Waals surface area contributed by atoms with Crippen LogP contribution < -0.4 is 10.6 Å². The van der Waals surface area contributed by atoms with E-state index in [1.54, 1.807) is 12.1 Å². The Hall–Kier alpha value is -1.66. The van der Waals surface area contributed by atoms with Gasteiger partial charge in [0.1, 0.15) is 5.82 Å². The Balaban J connectivity index is 2.12. The van der Waals surface area contributed by atoms with Crippen molar-refractivity contribution in [2.75, 3.05) is 39.5 Å². The molecule has 3 N–H and O–H groups in total. The number of halogens is 1. The zero-order chi connectivity index (χ0) is 20.2. The van der Waals surface area contributed by atoms with Gasteiger partial charge in [-0.15, -0.1) is 0 Å². The first-order valence-corrected chi connectivity index (χ1v) is 10.6. The summed E-state index contributed by atoms with van der Waals surface area (Å²) in [6.07, 6.45) is 4.65. The largest absolute Gasteiger partial charge is 0.396 e. The lowest BCUT2D eigenvalue weighted by Crippen LogP contribution is -2.42. The maximum Gasteiger partial charge on any atom is 0.191 e. The van der Waals surface area contributed by atoms with Crippen molar-refractivity contribution in [1.82, 2.24) is 10.6 Å². The molecule has 1 atom stereocenters. The molecule has 0 spiro atoms. The van der Waals surface area contributed by atoms with Crippen molar-refractivity contribution < 1.29 is 14.2 Å². The predicted molar refractivity (Wildman–Crippen MR) is 112 cm³/mol. The highest BCUT2D eigenvalue weighted by atomic mass is 19.1. The summed E-state index contributed by atoms with van der Waals surface area (Å²) in [6, 6.07) is 6.91. The molecule has 1 aliphatic heterocycles. The number of aliphatic hydroxyl groups excluding tert-OH is 1. The SMILES string of the molecule is CCCC(CCO)CNC(=NCC1(c2cccc(F)c2)CCOCC1)NCC. The van der Waals surface area contributed by atoms with Crippen molar-refractivity contribution in [3.8, 4) is 0 Å². The number of rotatable bonds is 10. The molecule has 1 unspecified atom stereocenters. The smallest absolute Gasteiger partial charge is 0.191 e. The number of aliphatic hydroxyl groups is 1. The monoisotopic (exact) mass is 393 g/mol. The summed E-state index contributed by atoms with van der Waals surface area (Å²) in [7, 11) is 0. The zero-order valence-electron chi connectivity index (χ0n) is 17.3. The van der Waals surface area contributed by atoms with E-state index in [4.69, 9.17) is 9.73 Å². The predicted octanol–water partition coefficient (Wildman–Crippen LogP) is 3.23. The van der Waals surface area contributed by atoms with Gasteiger partial charge in [-0.3, -0.25) is 4.99 Å². The second kappa shape index (κ2) is 12.0. The van der Waals surface area contributed by atoms with E-state index in [0.717, 1.165) is 56.7 Å². The number of ether oxygens (including phenoxy) is 1. The third-order valence-corrected chi connectivity index (χ3v) is 5.56. The first kappa shape index (κ1) is 22.6. The molecule has 158 valence electrons. The fourth-order valence-electron chi connectivity index (χ4n) is 3.87. The van der Waals surface area contributed by atoms with E-state index in [-0.39, 0.29) is 17.8 Å². The minimum atomic E-state index is -0.205. The van der Waals surface area contributed by atoms with Crippen molar-refractivity contribution in [1.29, 1.82) is 0 Å². The Kier molecular flexibility index (Phi) is 9.71. The first-order valence-electron chi connectivity index (χ1n) is 10.6. The van der Waals surface area contributed by atoms with Crippen LogP contribution in [-0.4, -0.2) is 50.5 Å². The summed E-state index contributed by atoms with van der Waals surface area (Å²) in [5.41, 5.74) is 0.802. The van der Waals surface area contributed by atoms with E-state index in [1.165, 1.54) is 6.07 Å². The summed E-state index contributed by atoms with van der Waals surface area (Å²) in [6.45, 7) is 7.92. The first-order chi connectivity index (χ1) is 13.6. The van der Waals surface area contributed by atoms with Gasteiger partial charge in [0.05, 0.1) is 6.54 Å². The molecular weight excluding hydrogens is 357 g/mol. The number of nitrogens with one attached hydrogen (secondary N) is 2. The van der Waals surface area contributed by atoms with Crippen LogP contribution in [0.15, 0.2) is 29.3 Å². The van der Waals surface area contributed by atoms with Crippen LogP contribution in [0.25, 0.3) is 0 Å². The molecule has 0 radical (unpaired) electrons. The molecule has 6 heteroatoms. The maximum atomic E-state index is 13.9. The van der Waals surface area contributed by atoms with Gasteiger partial charge in [0.2, 0.25) is 0 Å². The summed E-state index contributed by atoms with van der Waals surface area (Å²) < 4.78 is 19.4. The Morgan fingerprint density at radius 1 is 1.25 bits per heavy atom. The summed E-state index contributed by atoms with van der Waals surface area (Å²) >= 11 is 0. The number of aliphatic imine (C=N–C) groups is 1. The summed E-state index contributed by atoms with van der Waals surface area (Å²) in [5, 5.41) is 16.0. The molecule has 1 heterocycles. The third kappa shape index (κ3) is 6.74. The quantitative estimate of drug-likeness (QED) is 0.422. The molecule has 0 amide bonds. The van der Waals surface area contributed by atoms with Crippen molar-refractivity contribution in [2.24, 2.45) is 10.9 Å². The molecule has 2 rings (SSSR count). The van der Waals surface area contributed by atoms with Crippen molar-refractivity contribution >= 4 is 5.96 Å². The number of guanidine groups is 1. The number of hydrogen-bond donors (Lipinski definition) is 3. The topological polar surface area (TPSA) is 65.9 Å². The third-order valence-electron chi connectivity index (χ3n) is 5.56. The number of hydrogen-bond acceptors (Lipinski definition) is 3. The summed E-state index contributed by atoms with van der Waals surface area (Å²) in [4.78, 5) is 4.86. The second-order valence-electron chi connectivity index (χ2n) is 7.65. The van der Waals surface area contributed by atoms with Crippen LogP contribution in [0.1, 0.15) is 51.5 Å². The van der Waals surface area contributed by atoms with E-state index < -0.39 is 0 Å². The summed E-state index contributed by atoms with van der Waals surface area (Å²) in [5.74, 6) is 1.01. The molecule has 0 bridgehead atoms. The number of nitrogens with zero attached hydrogens (tertiary/aromatic N) is 1. The van der Waals surface area contributed by atoms with Gasteiger partial charge in [-0.25, -0.2) is 4.39 Å². The lowest BCUT2D eigenvalue weighted by molar-refractivity contribution is 0.0530. The van der Waals surface area contributed by atoms with Crippen LogP contribution in [0.5, 0.6) is 0 Å². The standard InChI is InChI=1S/C22H36FN3O2/c1-3-6-18(9-12-27)16-25-21(24-4-2)26-17-22(10-13-28-14-11-22)19-7-5-8-20(23)15-19/h5,7-8,15,18,27H,3-4,6,9-14,16-17H2,1-2H3,(H2,24,25,26). The molecule has 1 aromatic carbocycles. The van der Waals surface area contributed by atoms with Gasteiger partial charge >= 0.3 is 0 Å². The lowest BCUT2D eigenvalue weighted by Gasteiger charge is -2.36. The molecular formula is C22H36FN3O2. The van der Waals surface area contributed by atoms with Crippen LogP contribution in [-0.2, 0) is 10.2 Å². The number of benzene rings is 1. The maximum absolute atomic E-state index is 13.9. The molecule has 1 aliphatic rings. The van der Waals surface area contributed by atoms with Crippen LogP contribution in [0, 0.1) is 11.7 Å². The molecule has 0 aromatic heterocycles. The fourth-order valence-corrected chi connectivity index (χ4v) is 3.87. The van der Waals surface area contributed by atoms with E-state index >= 15 is 0 Å². The van der Waals surface area contributed by atoms with Crippen LogP contribution in [0.2, 0.25) is 0 Å². The molecule has 1 fully saturated rings. The normalized spacial score (nSPS) is 17.9. The minimum Gasteiger partial charge on any atom is -0.396 e. The van der Waals surface area contributed by atoms with Gasteiger partial charge in [0, 0.05) is 38.3 Å². The second-order valence-corrected chi connectivity index (χ2v) is 7.65. The van der Waals surface area contributed by atoms with Gasteiger partial charge in [-0.2, -0.15) is 0 Å². The van der Waals surface area contributed by atoms with Crippen LogP contribution >= 0.6 is 0 Å². The molecule has 5 nitrogen and oxygen atoms in total. The van der Waals surface area contributed by atoms with Gasteiger partial charge in [-0.1, -0.05) is 25.5 Å². The Morgan fingerprint density at radius 3 is 2.68 bits per heavy atom. The molecule has 0 saturated carbocycles. The van der Waals surface area contributed by atoms with Gasteiger partial charge < -0.3 is 20.5 Å². The van der Waals surface area contributed by atoms with Crippen LogP contribution in [0.4, 0.5) is 4.39 Å². The van der Waals surface area contributed by atoms with Crippen molar-refractivity contribution in [2.45, 2.75) is 51.4 Å². The lowest BCUT2D eigenvalue weighted by atomic mass is 9.74. The fraction of sp³-hybridized carbons (Fsp3) is 0.682. The molecule has 0 aliphatic carbocycles.